The third kappa shape index (κ3) is 5.88. The van der Waals surface area contributed by atoms with Crippen LogP contribution in [0.15, 0.2) is 42.5 Å². The van der Waals surface area contributed by atoms with E-state index in [0.29, 0.717) is 30.5 Å². The second-order valence-corrected chi connectivity index (χ2v) is 7.24. The van der Waals surface area contributed by atoms with Crippen molar-refractivity contribution in [3.8, 4) is 0 Å². The van der Waals surface area contributed by atoms with Gasteiger partial charge in [0.1, 0.15) is 0 Å². The van der Waals surface area contributed by atoms with E-state index in [9.17, 15) is 31.1 Å². The standard InChI is InChI=1S/C22H18F6O3/c23-21(24,25)16-9-14(10-17(11-16)22(26,27)28)12-31-19-3-1-2-15-8-13(4-6-18(15)19)5-7-20(29)30/h4-11,19H,1-3,12H2,(H,29,30)/b7-5+. The maximum Gasteiger partial charge on any atom is 0.416 e. The third-order valence-electron chi connectivity index (χ3n) is 4.94. The molecule has 0 saturated heterocycles. The highest BCUT2D eigenvalue weighted by atomic mass is 19.4. The molecular weight excluding hydrogens is 426 g/mol. The summed E-state index contributed by atoms with van der Waals surface area (Å²) in [6.45, 7) is -0.405. The van der Waals surface area contributed by atoms with Crippen molar-refractivity contribution >= 4 is 12.0 Å². The molecular formula is C22H18F6O3. The zero-order valence-electron chi connectivity index (χ0n) is 16.1. The molecule has 0 spiro atoms. The second kappa shape index (κ2) is 8.74. The lowest BCUT2D eigenvalue weighted by Gasteiger charge is -2.26. The first-order chi connectivity index (χ1) is 14.4. The van der Waals surface area contributed by atoms with E-state index in [1.54, 1.807) is 18.2 Å². The smallest absolute Gasteiger partial charge is 0.416 e. The molecule has 0 fully saturated rings. The minimum atomic E-state index is -4.91. The van der Waals surface area contributed by atoms with E-state index in [0.717, 1.165) is 23.6 Å². The van der Waals surface area contributed by atoms with Crippen LogP contribution in [0.1, 0.15) is 52.3 Å². The monoisotopic (exact) mass is 444 g/mol. The van der Waals surface area contributed by atoms with Gasteiger partial charge in [0.05, 0.1) is 23.8 Å². The fourth-order valence-electron chi connectivity index (χ4n) is 3.53. The Labute approximate surface area is 174 Å². The molecule has 2 aromatic carbocycles. The molecule has 0 radical (unpaired) electrons. The zero-order chi connectivity index (χ0) is 22.8. The second-order valence-electron chi connectivity index (χ2n) is 7.24. The molecule has 0 heterocycles. The highest BCUT2D eigenvalue weighted by Gasteiger charge is 2.37. The summed E-state index contributed by atoms with van der Waals surface area (Å²) < 4.78 is 83.9. The van der Waals surface area contributed by atoms with Gasteiger partial charge in [-0.25, -0.2) is 4.79 Å². The first kappa shape index (κ1) is 22.9. The fraction of sp³-hybridized carbons (Fsp3) is 0.318. The van der Waals surface area contributed by atoms with Gasteiger partial charge in [-0.3, -0.25) is 0 Å². The van der Waals surface area contributed by atoms with Crippen LogP contribution < -0.4 is 0 Å². The quantitative estimate of drug-likeness (QED) is 0.428. The van der Waals surface area contributed by atoms with Crippen LogP contribution in [0.4, 0.5) is 26.3 Å². The molecule has 0 saturated carbocycles. The summed E-state index contributed by atoms with van der Waals surface area (Å²) in [6.07, 6.45) is -5.85. The van der Waals surface area contributed by atoms with E-state index in [4.69, 9.17) is 9.84 Å². The minimum absolute atomic E-state index is 0.0889. The van der Waals surface area contributed by atoms with Crippen molar-refractivity contribution in [2.75, 3.05) is 0 Å². The maximum absolute atomic E-state index is 13.0. The van der Waals surface area contributed by atoms with Crippen molar-refractivity contribution in [1.82, 2.24) is 0 Å². The van der Waals surface area contributed by atoms with E-state index in [1.807, 2.05) is 0 Å². The molecule has 1 aliphatic rings. The van der Waals surface area contributed by atoms with Crippen LogP contribution >= 0.6 is 0 Å². The molecule has 9 heteroatoms. The summed E-state index contributed by atoms with van der Waals surface area (Å²) in [4.78, 5) is 10.7. The first-order valence-electron chi connectivity index (χ1n) is 9.37. The topological polar surface area (TPSA) is 46.5 Å². The van der Waals surface area contributed by atoms with Gasteiger partial charge in [-0.15, -0.1) is 0 Å². The first-order valence-corrected chi connectivity index (χ1v) is 9.37. The van der Waals surface area contributed by atoms with E-state index in [-0.39, 0.29) is 11.6 Å². The highest BCUT2D eigenvalue weighted by molar-refractivity contribution is 5.85. The van der Waals surface area contributed by atoms with E-state index in [1.165, 1.54) is 6.08 Å². The zero-order valence-corrected chi connectivity index (χ0v) is 16.1. The number of carboxylic acids is 1. The Balaban J connectivity index is 1.82. The van der Waals surface area contributed by atoms with E-state index >= 15 is 0 Å². The Kier molecular flexibility index (Phi) is 6.45. The van der Waals surface area contributed by atoms with Gasteiger partial charge in [0.25, 0.3) is 0 Å². The average Bonchev–Trinajstić information content (AvgIpc) is 2.69. The summed E-state index contributed by atoms with van der Waals surface area (Å²) in [6, 6.07) is 6.65. The molecule has 166 valence electrons. The lowest BCUT2D eigenvalue weighted by Crippen LogP contribution is -2.15. The summed E-state index contributed by atoms with van der Waals surface area (Å²) in [7, 11) is 0. The number of ether oxygens (including phenoxy) is 1. The van der Waals surface area contributed by atoms with E-state index in [2.05, 4.69) is 0 Å². The molecule has 1 unspecified atom stereocenters. The van der Waals surface area contributed by atoms with Gasteiger partial charge in [0, 0.05) is 6.08 Å². The van der Waals surface area contributed by atoms with Crippen LogP contribution in [0.2, 0.25) is 0 Å². The van der Waals surface area contributed by atoms with Crippen molar-refractivity contribution in [1.29, 1.82) is 0 Å². The lowest BCUT2D eigenvalue weighted by atomic mass is 9.88. The number of carboxylic acid groups (broad SMARTS) is 1. The minimum Gasteiger partial charge on any atom is -0.478 e. The fourth-order valence-corrected chi connectivity index (χ4v) is 3.53. The van der Waals surface area contributed by atoms with Gasteiger partial charge >= 0.3 is 18.3 Å². The van der Waals surface area contributed by atoms with Gasteiger partial charge < -0.3 is 9.84 Å². The summed E-state index contributed by atoms with van der Waals surface area (Å²) in [5.41, 5.74) is -0.588. The molecule has 2 aromatic rings. The predicted octanol–water partition coefficient (Wildman–Crippen LogP) is 6.42. The predicted molar refractivity (Wildman–Crippen MR) is 100 cm³/mol. The molecule has 0 aromatic heterocycles. The Morgan fingerprint density at radius 2 is 1.68 bits per heavy atom. The van der Waals surface area contributed by atoms with Crippen molar-refractivity contribution in [3.05, 3.63) is 75.9 Å². The summed E-state index contributed by atoms with van der Waals surface area (Å²) in [5, 5.41) is 8.73. The number of fused-ring (bicyclic) bond motifs is 1. The van der Waals surface area contributed by atoms with Gasteiger partial charge in [-0.2, -0.15) is 26.3 Å². The van der Waals surface area contributed by atoms with Gasteiger partial charge in [0.2, 0.25) is 0 Å². The molecule has 1 N–H and O–H groups in total. The molecule has 3 nitrogen and oxygen atoms in total. The molecule has 31 heavy (non-hydrogen) atoms. The van der Waals surface area contributed by atoms with Crippen molar-refractivity contribution in [2.24, 2.45) is 0 Å². The van der Waals surface area contributed by atoms with Gasteiger partial charge in [-0.1, -0.05) is 18.2 Å². The molecule has 1 atom stereocenters. The number of halogens is 6. The molecule has 3 rings (SSSR count). The van der Waals surface area contributed by atoms with Crippen molar-refractivity contribution < 1.29 is 41.0 Å². The highest BCUT2D eigenvalue weighted by Crippen LogP contribution is 2.38. The number of rotatable bonds is 5. The number of alkyl halides is 6. The lowest BCUT2D eigenvalue weighted by molar-refractivity contribution is -0.143. The molecule has 0 aliphatic heterocycles. The molecule has 1 aliphatic carbocycles. The number of hydrogen-bond acceptors (Lipinski definition) is 2. The number of aryl methyl sites for hydroxylation is 1. The normalized spacial score (nSPS) is 17.0. The average molecular weight is 444 g/mol. The Morgan fingerprint density at radius 1 is 1.03 bits per heavy atom. The molecule has 0 bridgehead atoms. The summed E-state index contributed by atoms with van der Waals surface area (Å²) in [5.74, 6) is -1.08. The van der Waals surface area contributed by atoms with Crippen LogP contribution in [0, 0.1) is 0 Å². The Bertz CT molecular complexity index is 959. The largest absolute Gasteiger partial charge is 0.478 e. The van der Waals surface area contributed by atoms with Crippen LogP contribution in [-0.2, 0) is 34.9 Å². The number of benzene rings is 2. The van der Waals surface area contributed by atoms with Crippen LogP contribution in [0.5, 0.6) is 0 Å². The van der Waals surface area contributed by atoms with Gasteiger partial charge in [0.15, 0.2) is 0 Å². The Hall–Kier alpha value is -2.81. The van der Waals surface area contributed by atoms with Gasteiger partial charge in [-0.05, 0) is 65.8 Å². The van der Waals surface area contributed by atoms with Crippen molar-refractivity contribution in [2.45, 2.75) is 44.3 Å². The SMILES string of the molecule is O=C(O)/C=C/c1ccc2c(c1)CCCC2OCc1cc(C(F)(F)F)cc(C(F)(F)F)c1. The van der Waals surface area contributed by atoms with Crippen LogP contribution in [0.3, 0.4) is 0 Å². The maximum atomic E-state index is 13.0. The third-order valence-corrected chi connectivity index (χ3v) is 4.94. The van der Waals surface area contributed by atoms with Crippen LogP contribution in [0.25, 0.3) is 6.08 Å². The van der Waals surface area contributed by atoms with E-state index < -0.39 is 42.2 Å². The summed E-state index contributed by atoms with van der Waals surface area (Å²) >= 11 is 0. The number of aliphatic carboxylic acids is 1. The number of hydrogen-bond donors (Lipinski definition) is 1. The van der Waals surface area contributed by atoms with Crippen LogP contribution in [-0.4, -0.2) is 11.1 Å². The Morgan fingerprint density at radius 3 is 2.26 bits per heavy atom. The number of carbonyl (C=O) groups is 1. The molecule has 0 amide bonds. The van der Waals surface area contributed by atoms with Crippen molar-refractivity contribution in [3.63, 3.8) is 0 Å².